The summed E-state index contributed by atoms with van der Waals surface area (Å²) in [6.45, 7) is 7.54. The third-order valence-corrected chi connectivity index (χ3v) is 4.80. The number of unbranched alkanes of at least 4 members (excludes halogenated alkanes) is 1. The summed E-state index contributed by atoms with van der Waals surface area (Å²) in [5.74, 6) is 0.913. The summed E-state index contributed by atoms with van der Waals surface area (Å²) in [4.78, 5) is 7.00. The molecule has 0 saturated carbocycles. The Bertz CT molecular complexity index is 335. The van der Waals surface area contributed by atoms with E-state index in [-0.39, 0.29) is 24.0 Å². The quantitative estimate of drug-likeness (QED) is 0.365. The van der Waals surface area contributed by atoms with Crippen molar-refractivity contribution < 1.29 is 4.74 Å². The van der Waals surface area contributed by atoms with Gasteiger partial charge in [-0.3, -0.25) is 9.89 Å². The van der Waals surface area contributed by atoms with Crippen LogP contribution in [0.15, 0.2) is 4.99 Å². The highest BCUT2D eigenvalue weighted by Gasteiger charge is 2.22. The molecule has 0 bridgehead atoms. The fourth-order valence-corrected chi connectivity index (χ4v) is 3.40. The molecule has 2 aliphatic rings. The van der Waals surface area contributed by atoms with Gasteiger partial charge < -0.3 is 15.4 Å². The van der Waals surface area contributed by atoms with Gasteiger partial charge in [0.1, 0.15) is 0 Å². The van der Waals surface area contributed by atoms with E-state index in [1.54, 1.807) is 0 Å². The number of nitrogens with zero attached hydrogens (tertiary/aromatic N) is 2. The smallest absolute Gasteiger partial charge is 0.191 e. The number of nitrogens with one attached hydrogen (secondary N) is 2. The zero-order valence-corrected chi connectivity index (χ0v) is 17.2. The number of hydrogen-bond donors (Lipinski definition) is 2. The molecule has 23 heavy (non-hydrogen) atoms. The van der Waals surface area contributed by atoms with E-state index in [0.29, 0.717) is 12.1 Å². The third kappa shape index (κ3) is 7.56. The van der Waals surface area contributed by atoms with Crippen molar-refractivity contribution in [3.8, 4) is 0 Å². The normalized spacial score (nSPS) is 25.9. The van der Waals surface area contributed by atoms with Gasteiger partial charge in [-0.2, -0.15) is 0 Å². The number of hydrogen-bond acceptors (Lipinski definition) is 3. The number of ether oxygens (including phenoxy) is 1. The standard InChI is InChI=1S/C17H34N4O.HI/c1-3-4-10-21-11-6-5-8-15(21)13-19-17(18-2)20-14-16-9-7-12-22-16;/h15-16H,3-14H2,1-2H3,(H2,18,19,20);1H. The van der Waals surface area contributed by atoms with Crippen LogP contribution in [0.2, 0.25) is 0 Å². The summed E-state index contributed by atoms with van der Waals surface area (Å²) in [6, 6.07) is 0.654. The highest BCUT2D eigenvalue weighted by atomic mass is 127. The van der Waals surface area contributed by atoms with Crippen LogP contribution in [0.5, 0.6) is 0 Å². The van der Waals surface area contributed by atoms with Crippen LogP contribution in [0.4, 0.5) is 0 Å². The molecule has 2 saturated heterocycles. The maximum Gasteiger partial charge on any atom is 0.191 e. The molecule has 0 aromatic heterocycles. The maximum absolute atomic E-state index is 5.65. The van der Waals surface area contributed by atoms with E-state index in [1.807, 2.05) is 7.05 Å². The van der Waals surface area contributed by atoms with Crippen molar-refractivity contribution in [1.82, 2.24) is 15.5 Å². The monoisotopic (exact) mass is 438 g/mol. The Balaban J connectivity index is 0.00000264. The molecule has 0 aliphatic carbocycles. The van der Waals surface area contributed by atoms with Crippen molar-refractivity contribution in [2.45, 2.75) is 64.0 Å². The van der Waals surface area contributed by atoms with Crippen LogP contribution in [0.1, 0.15) is 51.9 Å². The number of likely N-dealkylation sites (tertiary alicyclic amines) is 1. The lowest BCUT2D eigenvalue weighted by atomic mass is 10.0. The molecule has 2 fully saturated rings. The van der Waals surface area contributed by atoms with Gasteiger partial charge in [-0.15, -0.1) is 24.0 Å². The molecule has 5 nitrogen and oxygen atoms in total. The maximum atomic E-state index is 5.65. The Morgan fingerprint density at radius 3 is 2.70 bits per heavy atom. The minimum atomic E-state index is 0. The van der Waals surface area contributed by atoms with Crippen molar-refractivity contribution in [2.75, 3.05) is 39.8 Å². The van der Waals surface area contributed by atoms with Crippen molar-refractivity contribution >= 4 is 29.9 Å². The lowest BCUT2D eigenvalue weighted by Gasteiger charge is -2.36. The van der Waals surface area contributed by atoms with Gasteiger partial charge in [0.2, 0.25) is 0 Å². The summed E-state index contributed by atoms with van der Waals surface area (Å²) in [5, 5.41) is 6.92. The van der Waals surface area contributed by atoms with Crippen LogP contribution < -0.4 is 10.6 Å². The van der Waals surface area contributed by atoms with E-state index in [2.05, 4.69) is 27.4 Å². The van der Waals surface area contributed by atoms with Gasteiger partial charge in [0.25, 0.3) is 0 Å². The predicted molar refractivity (Wildman–Crippen MR) is 108 cm³/mol. The van der Waals surface area contributed by atoms with Crippen LogP contribution in [0.25, 0.3) is 0 Å². The second-order valence-electron chi connectivity index (χ2n) is 6.51. The van der Waals surface area contributed by atoms with Crippen LogP contribution >= 0.6 is 24.0 Å². The van der Waals surface area contributed by atoms with Crippen molar-refractivity contribution in [3.05, 3.63) is 0 Å². The fourth-order valence-electron chi connectivity index (χ4n) is 3.40. The van der Waals surface area contributed by atoms with Crippen molar-refractivity contribution in [3.63, 3.8) is 0 Å². The van der Waals surface area contributed by atoms with Gasteiger partial charge in [0.05, 0.1) is 6.10 Å². The zero-order valence-electron chi connectivity index (χ0n) is 14.9. The van der Waals surface area contributed by atoms with Crippen LogP contribution in [0.3, 0.4) is 0 Å². The lowest BCUT2D eigenvalue weighted by molar-refractivity contribution is 0.113. The summed E-state index contributed by atoms with van der Waals surface area (Å²) < 4.78 is 5.65. The topological polar surface area (TPSA) is 48.9 Å². The van der Waals surface area contributed by atoms with E-state index in [1.165, 1.54) is 51.6 Å². The number of rotatable bonds is 7. The molecule has 2 heterocycles. The molecular weight excluding hydrogens is 403 g/mol. The Morgan fingerprint density at radius 1 is 1.17 bits per heavy atom. The van der Waals surface area contributed by atoms with Gasteiger partial charge in [0, 0.05) is 32.8 Å². The average molecular weight is 438 g/mol. The molecule has 136 valence electrons. The number of halogens is 1. The molecule has 0 radical (unpaired) electrons. The molecular formula is C17H35IN4O. The SMILES string of the molecule is CCCCN1CCCCC1CNC(=NC)NCC1CCCO1.I. The summed E-state index contributed by atoms with van der Waals surface area (Å²) in [5.41, 5.74) is 0. The molecule has 0 spiro atoms. The molecule has 2 unspecified atom stereocenters. The van der Waals surface area contributed by atoms with Gasteiger partial charge in [-0.25, -0.2) is 0 Å². The first-order valence-corrected chi connectivity index (χ1v) is 9.13. The van der Waals surface area contributed by atoms with Gasteiger partial charge in [0.15, 0.2) is 5.96 Å². The molecule has 0 aromatic carbocycles. The minimum Gasteiger partial charge on any atom is -0.376 e. The second kappa shape index (κ2) is 12.3. The number of aliphatic imine (C=N–C) groups is 1. The Hall–Kier alpha value is -0.0800. The van der Waals surface area contributed by atoms with Gasteiger partial charge in [-0.05, 0) is 45.2 Å². The van der Waals surface area contributed by atoms with Crippen LogP contribution in [0, 0.1) is 0 Å². The Kier molecular flexibility index (Phi) is 11.2. The molecule has 2 N–H and O–H groups in total. The molecule has 2 rings (SSSR count). The van der Waals surface area contributed by atoms with Crippen molar-refractivity contribution in [1.29, 1.82) is 0 Å². The number of piperidine rings is 1. The highest BCUT2D eigenvalue weighted by molar-refractivity contribution is 14.0. The van der Waals surface area contributed by atoms with Crippen molar-refractivity contribution in [2.24, 2.45) is 4.99 Å². The minimum absolute atomic E-state index is 0. The van der Waals surface area contributed by atoms with Gasteiger partial charge >= 0.3 is 0 Å². The first kappa shape index (κ1) is 21.0. The predicted octanol–water partition coefficient (Wildman–Crippen LogP) is 2.60. The lowest BCUT2D eigenvalue weighted by Crippen LogP contribution is -2.50. The largest absolute Gasteiger partial charge is 0.376 e. The fraction of sp³-hybridized carbons (Fsp3) is 0.941. The summed E-state index contributed by atoms with van der Waals surface area (Å²) in [7, 11) is 1.85. The number of guanidine groups is 1. The van der Waals surface area contributed by atoms with E-state index < -0.39 is 0 Å². The second-order valence-corrected chi connectivity index (χ2v) is 6.51. The van der Waals surface area contributed by atoms with Crippen LogP contribution in [-0.2, 0) is 4.74 Å². The van der Waals surface area contributed by atoms with E-state index in [0.717, 1.165) is 32.1 Å². The molecule has 0 aromatic rings. The molecule has 6 heteroatoms. The Labute approximate surface area is 159 Å². The molecule has 2 aliphatic heterocycles. The highest BCUT2D eigenvalue weighted by Crippen LogP contribution is 2.17. The van der Waals surface area contributed by atoms with Gasteiger partial charge in [-0.1, -0.05) is 19.8 Å². The average Bonchev–Trinajstić information content (AvgIpc) is 3.07. The summed E-state index contributed by atoms with van der Waals surface area (Å²) in [6.07, 6.45) is 9.31. The van der Waals surface area contributed by atoms with E-state index >= 15 is 0 Å². The Morgan fingerprint density at radius 2 is 2.00 bits per heavy atom. The zero-order chi connectivity index (χ0) is 15.6. The van der Waals surface area contributed by atoms with E-state index in [9.17, 15) is 0 Å². The van der Waals surface area contributed by atoms with E-state index in [4.69, 9.17) is 4.74 Å². The van der Waals surface area contributed by atoms with Crippen LogP contribution in [-0.4, -0.2) is 62.8 Å². The molecule has 0 amide bonds. The first-order valence-electron chi connectivity index (χ1n) is 9.13. The summed E-state index contributed by atoms with van der Waals surface area (Å²) >= 11 is 0. The first-order chi connectivity index (χ1) is 10.8. The molecule has 2 atom stereocenters. The third-order valence-electron chi connectivity index (χ3n) is 4.80.